The van der Waals surface area contributed by atoms with Gasteiger partial charge in [-0.2, -0.15) is 0 Å². The van der Waals surface area contributed by atoms with Gasteiger partial charge in [0.25, 0.3) is 11.5 Å². The smallest absolute Gasteiger partial charge is 0.323 e. The summed E-state index contributed by atoms with van der Waals surface area (Å²) in [5.74, 6) is -0.305. The van der Waals surface area contributed by atoms with Gasteiger partial charge in [0.2, 0.25) is 0 Å². The van der Waals surface area contributed by atoms with Crippen molar-refractivity contribution in [1.82, 2.24) is 14.8 Å². The van der Waals surface area contributed by atoms with E-state index in [1.54, 1.807) is 24.6 Å². The van der Waals surface area contributed by atoms with Gasteiger partial charge < -0.3 is 9.88 Å². The minimum absolute atomic E-state index is 0.0339. The fourth-order valence-corrected chi connectivity index (χ4v) is 3.12. The van der Waals surface area contributed by atoms with E-state index in [2.05, 4.69) is 5.32 Å². The molecule has 0 aliphatic carbocycles. The Labute approximate surface area is 146 Å². The SMILES string of the molecule is Cn1c(=O)c(CN2C(=O)NC(C)(C(C)(C)C)C2=O)cc2ccccc21. The third kappa shape index (κ3) is 2.52. The van der Waals surface area contributed by atoms with Gasteiger partial charge in [-0.1, -0.05) is 39.0 Å². The highest BCUT2D eigenvalue weighted by atomic mass is 16.2. The van der Waals surface area contributed by atoms with E-state index in [4.69, 9.17) is 0 Å². The second kappa shape index (κ2) is 5.44. The molecule has 6 nitrogen and oxygen atoms in total. The van der Waals surface area contributed by atoms with Crippen LogP contribution in [0.3, 0.4) is 0 Å². The Morgan fingerprint density at radius 3 is 2.36 bits per heavy atom. The van der Waals surface area contributed by atoms with Crippen LogP contribution >= 0.6 is 0 Å². The standard InChI is InChI=1S/C19H23N3O3/c1-18(2,3)19(4)16(24)22(17(25)20-19)11-13-10-12-8-6-7-9-14(12)21(5)15(13)23/h6-10H,11H2,1-5H3,(H,20,25). The molecule has 1 N–H and O–H groups in total. The van der Waals surface area contributed by atoms with Crippen molar-refractivity contribution < 1.29 is 9.59 Å². The van der Waals surface area contributed by atoms with Crippen LogP contribution in [-0.2, 0) is 18.4 Å². The number of fused-ring (bicyclic) bond motifs is 1. The number of imide groups is 1. The number of pyridine rings is 1. The van der Waals surface area contributed by atoms with Gasteiger partial charge in [-0.25, -0.2) is 4.79 Å². The van der Waals surface area contributed by atoms with Gasteiger partial charge >= 0.3 is 6.03 Å². The highest BCUT2D eigenvalue weighted by Gasteiger charge is 2.54. The minimum Gasteiger partial charge on any atom is -0.323 e. The fourth-order valence-electron chi connectivity index (χ4n) is 3.12. The Hall–Kier alpha value is -2.63. The van der Waals surface area contributed by atoms with Gasteiger partial charge in [0.05, 0.1) is 12.1 Å². The van der Waals surface area contributed by atoms with E-state index in [-0.39, 0.29) is 18.0 Å². The molecule has 1 atom stereocenters. The van der Waals surface area contributed by atoms with Crippen molar-refractivity contribution in [2.24, 2.45) is 12.5 Å². The summed E-state index contributed by atoms with van der Waals surface area (Å²) in [6.07, 6.45) is 0. The molecule has 1 fully saturated rings. The van der Waals surface area contributed by atoms with Gasteiger partial charge in [0, 0.05) is 12.6 Å². The number of carbonyl (C=O) groups is 2. The summed E-state index contributed by atoms with van der Waals surface area (Å²) in [4.78, 5) is 39.0. The molecule has 0 spiro atoms. The van der Waals surface area contributed by atoms with E-state index in [1.807, 2.05) is 45.0 Å². The molecule has 1 unspecified atom stereocenters. The van der Waals surface area contributed by atoms with E-state index in [9.17, 15) is 14.4 Å². The lowest BCUT2D eigenvalue weighted by Gasteiger charge is -2.35. The second-order valence-corrected chi connectivity index (χ2v) is 7.79. The van der Waals surface area contributed by atoms with Crippen molar-refractivity contribution in [2.75, 3.05) is 0 Å². The first-order valence-corrected chi connectivity index (χ1v) is 8.28. The van der Waals surface area contributed by atoms with Crippen molar-refractivity contribution >= 4 is 22.8 Å². The first-order valence-electron chi connectivity index (χ1n) is 8.28. The molecule has 1 aromatic heterocycles. The zero-order valence-electron chi connectivity index (χ0n) is 15.2. The van der Waals surface area contributed by atoms with Crippen LogP contribution in [0.4, 0.5) is 4.79 Å². The monoisotopic (exact) mass is 341 g/mol. The molecule has 3 amide bonds. The van der Waals surface area contributed by atoms with Gasteiger partial charge in [-0.15, -0.1) is 0 Å². The number of aryl methyl sites for hydroxylation is 1. The molecule has 0 bridgehead atoms. The molecule has 25 heavy (non-hydrogen) atoms. The fraction of sp³-hybridized carbons (Fsp3) is 0.421. The summed E-state index contributed by atoms with van der Waals surface area (Å²) in [6, 6.07) is 8.83. The quantitative estimate of drug-likeness (QED) is 0.853. The molecule has 0 saturated carbocycles. The second-order valence-electron chi connectivity index (χ2n) is 7.79. The average molecular weight is 341 g/mol. The maximum atomic E-state index is 12.9. The summed E-state index contributed by atoms with van der Waals surface area (Å²) in [5.41, 5.74) is -0.408. The van der Waals surface area contributed by atoms with Crippen molar-refractivity contribution in [2.45, 2.75) is 39.8 Å². The molecule has 132 valence electrons. The lowest BCUT2D eigenvalue weighted by molar-refractivity contribution is -0.134. The molecular formula is C19H23N3O3. The van der Waals surface area contributed by atoms with E-state index >= 15 is 0 Å². The van der Waals surface area contributed by atoms with Crippen molar-refractivity contribution in [3.8, 4) is 0 Å². The number of amides is 3. The molecule has 0 radical (unpaired) electrons. The van der Waals surface area contributed by atoms with Crippen LogP contribution in [-0.4, -0.2) is 26.9 Å². The minimum atomic E-state index is -0.994. The maximum Gasteiger partial charge on any atom is 0.325 e. The summed E-state index contributed by atoms with van der Waals surface area (Å²) in [6.45, 7) is 7.41. The Kier molecular flexibility index (Phi) is 3.74. The highest BCUT2D eigenvalue weighted by molar-refractivity contribution is 6.07. The van der Waals surface area contributed by atoms with Gasteiger partial charge in [0.15, 0.2) is 0 Å². The van der Waals surface area contributed by atoms with E-state index in [0.717, 1.165) is 15.8 Å². The molecule has 1 aromatic carbocycles. The zero-order valence-corrected chi connectivity index (χ0v) is 15.2. The number of benzene rings is 1. The summed E-state index contributed by atoms with van der Waals surface area (Å²) in [5, 5.41) is 3.68. The number of nitrogens with one attached hydrogen (secondary N) is 1. The van der Waals surface area contributed by atoms with E-state index < -0.39 is 17.0 Å². The molecule has 2 heterocycles. The third-order valence-electron chi connectivity index (χ3n) is 5.31. The number of para-hydroxylation sites is 1. The van der Waals surface area contributed by atoms with Crippen LogP contribution in [0.2, 0.25) is 0 Å². The van der Waals surface area contributed by atoms with Crippen molar-refractivity contribution in [3.05, 3.63) is 46.2 Å². The Bertz CT molecular complexity index is 939. The van der Waals surface area contributed by atoms with Gasteiger partial charge in [-0.3, -0.25) is 14.5 Å². The Morgan fingerprint density at radius 1 is 1.12 bits per heavy atom. The van der Waals surface area contributed by atoms with Crippen LogP contribution in [0.5, 0.6) is 0 Å². The van der Waals surface area contributed by atoms with Crippen LogP contribution < -0.4 is 10.9 Å². The lowest BCUT2D eigenvalue weighted by Crippen LogP contribution is -2.54. The molecule has 6 heteroatoms. The normalized spacial score (nSPS) is 21.1. The number of aromatic nitrogens is 1. The number of carbonyl (C=O) groups excluding carboxylic acids is 2. The molecule has 1 aliphatic rings. The number of hydrogen-bond acceptors (Lipinski definition) is 3. The Morgan fingerprint density at radius 2 is 1.76 bits per heavy atom. The highest BCUT2D eigenvalue weighted by Crippen LogP contribution is 2.35. The first-order chi connectivity index (χ1) is 11.6. The number of urea groups is 1. The topological polar surface area (TPSA) is 71.4 Å². The van der Waals surface area contributed by atoms with Crippen LogP contribution in [0.1, 0.15) is 33.3 Å². The zero-order chi connectivity index (χ0) is 18.6. The van der Waals surface area contributed by atoms with Gasteiger partial charge in [-0.05, 0) is 29.9 Å². The average Bonchev–Trinajstić information content (AvgIpc) is 2.76. The number of hydrogen-bond donors (Lipinski definition) is 1. The largest absolute Gasteiger partial charge is 0.325 e. The van der Waals surface area contributed by atoms with Crippen LogP contribution in [0.15, 0.2) is 35.1 Å². The number of nitrogens with zero attached hydrogens (tertiary/aromatic N) is 2. The molecule has 1 aliphatic heterocycles. The van der Waals surface area contributed by atoms with Crippen molar-refractivity contribution in [1.29, 1.82) is 0 Å². The van der Waals surface area contributed by atoms with E-state index in [1.165, 1.54) is 0 Å². The maximum absolute atomic E-state index is 12.9. The molecule has 3 rings (SSSR count). The molecule has 2 aromatic rings. The third-order valence-corrected chi connectivity index (χ3v) is 5.31. The van der Waals surface area contributed by atoms with Gasteiger partial charge in [0.1, 0.15) is 5.54 Å². The van der Waals surface area contributed by atoms with Crippen LogP contribution in [0, 0.1) is 5.41 Å². The van der Waals surface area contributed by atoms with E-state index in [0.29, 0.717) is 5.56 Å². The van der Waals surface area contributed by atoms with Crippen LogP contribution in [0.25, 0.3) is 10.9 Å². The van der Waals surface area contributed by atoms with Crippen molar-refractivity contribution in [3.63, 3.8) is 0 Å². The Balaban J connectivity index is 2.02. The molecule has 1 saturated heterocycles. The summed E-state index contributed by atoms with van der Waals surface area (Å²) in [7, 11) is 1.69. The number of rotatable bonds is 2. The lowest BCUT2D eigenvalue weighted by atomic mass is 9.75. The summed E-state index contributed by atoms with van der Waals surface area (Å²) < 4.78 is 1.55. The molecular weight excluding hydrogens is 318 g/mol. The predicted octanol–water partition coefficient (Wildman–Crippen LogP) is 2.40. The summed E-state index contributed by atoms with van der Waals surface area (Å²) >= 11 is 0. The first kappa shape index (κ1) is 17.2. The predicted molar refractivity (Wildman–Crippen MR) is 96.1 cm³/mol.